The second-order valence-electron chi connectivity index (χ2n) is 8.19. The van der Waals surface area contributed by atoms with Gasteiger partial charge in [0.15, 0.2) is 0 Å². The molecule has 5 N–H and O–H groups in total. The van der Waals surface area contributed by atoms with Crippen molar-refractivity contribution in [1.82, 2.24) is 15.3 Å². The molecule has 0 aliphatic carbocycles. The summed E-state index contributed by atoms with van der Waals surface area (Å²) < 4.78 is 41.0. The largest absolute Gasteiger partial charge is 0.573 e. The molecule has 0 aliphatic heterocycles. The third-order valence-corrected chi connectivity index (χ3v) is 5.55. The molecule has 1 atom stereocenters. The fourth-order valence-corrected chi connectivity index (χ4v) is 3.87. The lowest BCUT2D eigenvalue weighted by molar-refractivity contribution is -0.274. The van der Waals surface area contributed by atoms with Crippen LogP contribution in [0.25, 0.3) is 10.9 Å². The molecule has 1 aromatic heterocycles. The highest BCUT2D eigenvalue weighted by Crippen LogP contribution is 2.27. The molecule has 0 saturated carbocycles. The number of anilines is 2. The van der Waals surface area contributed by atoms with Crippen molar-refractivity contribution >= 4 is 34.2 Å². The molecule has 4 aromatic rings. The molecule has 4 rings (SSSR count). The summed E-state index contributed by atoms with van der Waals surface area (Å²) >= 11 is 0. The number of fused-ring (bicyclic) bond motifs is 1. The maximum Gasteiger partial charge on any atom is 0.573 e. The summed E-state index contributed by atoms with van der Waals surface area (Å²) in [6, 6.07) is 16.5. The number of benzene rings is 3. The highest BCUT2D eigenvalue weighted by Gasteiger charge is 2.31. The fourth-order valence-electron chi connectivity index (χ4n) is 3.87. The monoisotopic (exact) mass is 524 g/mol. The number of para-hydroxylation sites is 1. The number of amides is 2. The molecule has 12 heteroatoms. The zero-order valence-corrected chi connectivity index (χ0v) is 20.0. The Morgan fingerprint density at radius 2 is 1.76 bits per heavy atom. The van der Waals surface area contributed by atoms with Gasteiger partial charge in [-0.2, -0.15) is 0 Å². The van der Waals surface area contributed by atoms with Crippen molar-refractivity contribution in [2.45, 2.75) is 12.4 Å². The normalized spacial score (nSPS) is 12.1. The van der Waals surface area contributed by atoms with Gasteiger partial charge in [-0.3, -0.25) is 9.59 Å². The topological polar surface area (TPSA) is 131 Å². The molecule has 0 spiro atoms. The number of hydrogen-bond acceptors (Lipinski definition) is 7. The molecule has 1 unspecified atom stereocenters. The first-order valence-corrected chi connectivity index (χ1v) is 11.4. The predicted molar refractivity (Wildman–Crippen MR) is 136 cm³/mol. The van der Waals surface area contributed by atoms with Gasteiger partial charge in [-0.15, -0.1) is 13.2 Å². The highest BCUT2D eigenvalue weighted by atomic mass is 19.4. The van der Waals surface area contributed by atoms with Crippen molar-refractivity contribution in [3.63, 3.8) is 0 Å². The molecule has 3 aromatic carbocycles. The number of carbonyl (C=O) groups excluding carboxylic acids is 2. The summed E-state index contributed by atoms with van der Waals surface area (Å²) in [5.41, 5.74) is 7.64. The summed E-state index contributed by atoms with van der Waals surface area (Å²) in [6.45, 7) is 0.485. The maximum atomic E-state index is 12.7. The van der Waals surface area contributed by atoms with Gasteiger partial charge < -0.3 is 26.4 Å². The second-order valence-corrected chi connectivity index (χ2v) is 8.19. The van der Waals surface area contributed by atoms with E-state index in [1.54, 1.807) is 43.4 Å². The smallest absolute Gasteiger partial charge is 0.406 e. The van der Waals surface area contributed by atoms with Crippen molar-refractivity contribution < 1.29 is 27.5 Å². The van der Waals surface area contributed by atoms with Crippen LogP contribution in [0.3, 0.4) is 0 Å². The Morgan fingerprint density at radius 1 is 1.03 bits per heavy atom. The van der Waals surface area contributed by atoms with Crippen LogP contribution in [0.15, 0.2) is 73.1 Å². The molecule has 0 fully saturated rings. The molecule has 1 heterocycles. The number of ether oxygens (including phenoxy) is 1. The van der Waals surface area contributed by atoms with Crippen LogP contribution in [0, 0.1) is 0 Å². The van der Waals surface area contributed by atoms with Crippen LogP contribution in [0.5, 0.6) is 5.75 Å². The van der Waals surface area contributed by atoms with Gasteiger partial charge in [0.1, 0.15) is 17.9 Å². The number of rotatable bonds is 9. The Bertz CT molecular complexity index is 1460. The molecule has 0 radical (unpaired) electrons. The number of hydrogen-bond donors (Lipinski definition) is 4. The van der Waals surface area contributed by atoms with E-state index in [2.05, 4.69) is 30.7 Å². The lowest BCUT2D eigenvalue weighted by atomic mass is 10.0. The molecule has 2 amide bonds. The van der Waals surface area contributed by atoms with Crippen LogP contribution in [0.2, 0.25) is 0 Å². The minimum atomic E-state index is -4.82. The van der Waals surface area contributed by atoms with Crippen LogP contribution >= 0.6 is 0 Å². The van der Waals surface area contributed by atoms with Crippen LogP contribution in [0.1, 0.15) is 32.3 Å². The lowest BCUT2D eigenvalue weighted by Gasteiger charge is -2.21. The van der Waals surface area contributed by atoms with Crippen LogP contribution in [0.4, 0.5) is 24.7 Å². The third-order valence-electron chi connectivity index (χ3n) is 5.55. The number of halogens is 3. The van der Waals surface area contributed by atoms with E-state index in [0.717, 1.165) is 17.7 Å². The summed E-state index contributed by atoms with van der Waals surface area (Å²) in [6.07, 6.45) is -3.47. The number of carbonyl (C=O) groups is 2. The summed E-state index contributed by atoms with van der Waals surface area (Å²) in [4.78, 5) is 33.1. The van der Waals surface area contributed by atoms with Crippen LogP contribution in [-0.2, 0) is 0 Å². The van der Waals surface area contributed by atoms with Crippen LogP contribution in [-0.4, -0.2) is 41.7 Å². The van der Waals surface area contributed by atoms with Crippen LogP contribution < -0.4 is 26.4 Å². The molecule has 38 heavy (non-hydrogen) atoms. The highest BCUT2D eigenvalue weighted by molar-refractivity contribution is 6.07. The zero-order chi connectivity index (χ0) is 27.3. The molecular formula is C26H23F3N6O3. The van der Waals surface area contributed by atoms with E-state index in [0.29, 0.717) is 29.0 Å². The lowest BCUT2D eigenvalue weighted by Crippen LogP contribution is -2.24. The molecule has 0 aliphatic rings. The third kappa shape index (κ3) is 6.34. The van der Waals surface area contributed by atoms with Crippen molar-refractivity contribution in [2.24, 2.45) is 5.73 Å². The molecule has 0 saturated heterocycles. The Morgan fingerprint density at radius 3 is 2.45 bits per heavy atom. The van der Waals surface area contributed by atoms with Crippen molar-refractivity contribution in [3.05, 3.63) is 89.7 Å². The minimum absolute atomic E-state index is 0.160. The van der Waals surface area contributed by atoms with Gasteiger partial charge in [0.2, 0.25) is 0 Å². The van der Waals surface area contributed by atoms with E-state index >= 15 is 0 Å². The van der Waals surface area contributed by atoms with E-state index in [4.69, 9.17) is 5.73 Å². The van der Waals surface area contributed by atoms with Gasteiger partial charge in [-0.05, 0) is 61.1 Å². The fraction of sp³-hybridized carbons (Fsp3) is 0.154. The van der Waals surface area contributed by atoms with E-state index in [1.165, 1.54) is 18.5 Å². The first-order chi connectivity index (χ1) is 18.1. The molecule has 196 valence electrons. The summed E-state index contributed by atoms with van der Waals surface area (Å²) in [5, 5.41) is 9.84. The van der Waals surface area contributed by atoms with Gasteiger partial charge >= 0.3 is 6.36 Å². The Balaban J connectivity index is 1.54. The number of nitrogens with one attached hydrogen (secondary N) is 3. The van der Waals surface area contributed by atoms with Crippen molar-refractivity contribution in [2.75, 3.05) is 24.2 Å². The Labute approximate surface area is 215 Å². The van der Waals surface area contributed by atoms with Crippen molar-refractivity contribution in [1.29, 1.82) is 0 Å². The number of nitrogens with zero attached hydrogens (tertiary/aromatic N) is 2. The average Bonchev–Trinajstić information content (AvgIpc) is 2.88. The van der Waals surface area contributed by atoms with Gasteiger partial charge in [0.05, 0.1) is 17.1 Å². The molecule has 0 bridgehead atoms. The first kappa shape index (κ1) is 26.4. The van der Waals surface area contributed by atoms with Gasteiger partial charge in [0.25, 0.3) is 11.8 Å². The zero-order valence-electron chi connectivity index (χ0n) is 20.0. The quantitative estimate of drug-likeness (QED) is 0.257. The van der Waals surface area contributed by atoms with Gasteiger partial charge in [-0.25, -0.2) is 9.97 Å². The Hall–Kier alpha value is -4.71. The second kappa shape index (κ2) is 11.1. The number of alkyl halides is 3. The van der Waals surface area contributed by atoms with Gasteiger partial charge in [0, 0.05) is 23.2 Å². The standard InChI is InChI=1S/C26H23F3N6O3/c1-31-13-21(35-24-20-7-3-6-19(23(30)36)22(20)32-14-33-24)16-4-2-5-17(12-16)34-25(37)15-8-10-18(11-9-15)38-26(27,28)29/h2-12,14,21,31H,13H2,1H3,(H2,30,36)(H,34,37)(H,32,33,35). The minimum Gasteiger partial charge on any atom is -0.406 e. The maximum absolute atomic E-state index is 12.7. The first-order valence-electron chi connectivity index (χ1n) is 11.4. The molecular weight excluding hydrogens is 501 g/mol. The van der Waals surface area contributed by atoms with E-state index in [1.807, 2.05) is 6.07 Å². The SMILES string of the molecule is CNCC(Nc1ncnc2c(C(N)=O)cccc12)c1cccc(NC(=O)c2ccc(OC(F)(F)F)cc2)c1. The number of primary amides is 1. The predicted octanol–water partition coefficient (Wildman–Crippen LogP) is 4.25. The Kier molecular flexibility index (Phi) is 7.72. The number of nitrogens with two attached hydrogens (primary N) is 1. The summed E-state index contributed by atoms with van der Waals surface area (Å²) in [7, 11) is 1.79. The van der Waals surface area contributed by atoms with E-state index < -0.39 is 23.9 Å². The average molecular weight is 525 g/mol. The van der Waals surface area contributed by atoms with E-state index in [9.17, 15) is 22.8 Å². The van der Waals surface area contributed by atoms with Crippen molar-refractivity contribution in [3.8, 4) is 5.75 Å². The number of likely N-dealkylation sites (N-methyl/N-ethyl adjacent to an activating group) is 1. The van der Waals surface area contributed by atoms with E-state index in [-0.39, 0.29) is 17.2 Å². The van der Waals surface area contributed by atoms with Gasteiger partial charge in [-0.1, -0.05) is 18.2 Å². The summed E-state index contributed by atoms with van der Waals surface area (Å²) in [5.74, 6) is -1.02. The molecule has 9 nitrogen and oxygen atoms in total. The number of aromatic nitrogens is 2.